The smallest absolute Gasteiger partial charge is 0.258 e. The van der Waals surface area contributed by atoms with Gasteiger partial charge in [0.05, 0.1) is 0 Å². The second kappa shape index (κ2) is 6.19. The molecule has 2 nitrogen and oxygen atoms in total. The third-order valence-electron chi connectivity index (χ3n) is 3.31. The topological polar surface area (TPSA) is 20.3 Å². The van der Waals surface area contributed by atoms with Gasteiger partial charge in [0.2, 0.25) is 0 Å². The normalized spacial score (nSPS) is 11.9. The van der Waals surface area contributed by atoms with Crippen LogP contribution in [0.1, 0.15) is 30.6 Å². The summed E-state index contributed by atoms with van der Waals surface area (Å²) in [7, 11) is 0. The maximum absolute atomic E-state index is 12.7. The zero-order valence-electron chi connectivity index (χ0n) is 11.4. The minimum Gasteiger partial charge on any atom is -0.306 e. The lowest BCUT2D eigenvalue weighted by molar-refractivity contribution is 0.0978. The standard InChI is InChI=1S/C17H19NO/c1-3-14(2)18(16-12-8-5-9-13-16)17(19)15-10-6-4-7-11-15/h4-14H,3H2,1-2H3/t14-/m1/s1. The van der Waals surface area contributed by atoms with Crippen molar-refractivity contribution in [3.8, 4) is 0 Å². The van der Waals surface area contributed by atoms with Crippen molar-refractivity contribution in [2.75, 3.05) is 4.90 Å². The molecular formula is C17H19NO. The highest BCUT2D eigenvalue weighted by Crippen LogP contribution is 2.21. The van der Waals surface area contributed by atoms with Gasteiger partial charge in [0.15, 0.2) is 0 Å². The van der Waals surface area contributed by atoms with Gasteiger partial charge in [0.1, 0.15) is 0 Å². The van der Waals surface area contributed by atoms with Crippen molar-refractivity contribution in [3.05, 3.63) is 66.2 Å². The molecule has 98 valence electrons. The quantitative estimate of drug-likeness (QED) is 0.802. The molecule has 2 heteroatoms. The molecule has 0 saturated carbocycles. The molecule has 0 saturated heterocycles. The number of benzene rings is 2. The molecule has 0 unspecified atom stereocenters. The summed E-state index contributed by atoms with van der Waals surface area (Å²) in [4.78, 5) is 14.5. The van der Waals surface area contributed by atoms with Crippen molar-refractivity contribution < 1.29 is 4.79 Å². The van der Waals surface area contributed by atoms with E-state index in [-0.39, 0.29) is 11.9 Å². The van der Waals surface area contributed by atoms with E-state index in [0.717, 1.165) is 17.7 Å². The average molecular weight is 253 g/mol. The number of amides is 1. The molecule has 2 aromatic rings. The molecule has 0 aliphatic carbocycles. The van der Waals surface area contributed by atoms with Gasteiger partial charge in [0, 0.05) is 17.3 Å². The zero-order valence-corrected chi connectivity index (χ0v) is 11.4. The van der Waals surface area contributed by atoms with Crippen LogP contribution in [0.4, 0.5) is 5.69 Å². The summed E-state index contributed by atoms with van der Waals surface area (Å²) >= 11 is 0. The molecule has 0 N–H and O–H groups in total. The first-order valence-corrected chi connectivity index (χ1v) is 6.67. The van der Waals surface area contributed by atoms with E-state index in [0.29, 0.717) is 0 Å². The molecule has 0 fully saturated rings. The van der Waals surface area contributed by atoms with Gasteiger partial charge in [-0.05, 0) is 37.6 Å². The fourth-order valence-corrected chi connectivity index (χ4v) is 2.06. The van der Waals surface area contributed by atoms with E-state index >= 15 is 0 Å². The number of rotatable bonds is 4. The van der Waals surface area contributed by atoms with Crippen LogP contribution in [0.3, 0.4) is 0 Å². The van der Waals surface area contributed by atoms with Crippen LogP contribution in [0.15, 0.2) is 60.7 Å². The lowest BCUT2D eigenvalue weighted by Gasteiger charge is -2.28. The van der Waals surface area contributed by atoms with Crippen molar-refractivity contribution in [2.45, 2.75) is 26.3 Å². The molecule has 0 radical (unpaired) electrons. The molecule has 0 aromatic heterocycles. The van der Waals surface area contributed by atoms with Crippen molar-refractivity contribution >= 4 is 11.6 Å². The predicted molar refractivity (Wildman–Crippen MR) is 79.4 cm³/mol. The van der Waals surface area contributed by atoms with Crippen LogP contribution >= 0.6 is 0 Å². The number of hydrogen-bond donors (Lipinski definition) is 0. The third kappa shape index (κ3) is 3.02. The van der Waals surface area contributed by atoms with Gasteiger partial charge in [-0.1, -0.05) is 43.3 Å². The Balaban J connectivity index is 2.37. The van der Waals surface area contributed by atoms with E-state index in [1.54, 1.807) is 0 Å². The molecular weight excluding hydrogens is 234 g/mol. The van der Waals surface area contributed by atoms with Gasteiger partial charge in [0.25, 0.3) is 5.91 Å². The Morgan fingerprint density at radius 1 is 1.00 bits per heavy atom. The SMILES string of the molecule is CC[C@@H](C)N(C(=O)c1ccccc1)c1ccccc1. The van der Waals surface area contributed by atoms with Crippen LogP contribution in [0.25, 0.3) is 0 Å². The Morgan fingerprint density at radius 3 is 2.05 bits per heavy atom. The monoisotopic (exact) mass is 253 g/mol. The van der Waals surface area contributed by atoms with Crippen LogP contribution < -0.4 is 4.90 Å². The van der Waals surface area contributed by atoms with E-state index in [9.17, 15) is 4.79 Å². The number of hydrogen-bond acceptors (Lipinski definition) is 1. The van der Waals surface area contributed by atoms with E-state index in [4.69, 9.17) is 0 Å². The van der Waals surface area contributed by atoms with Gasteiger partial charge in [-0.2, -0.15) is 0 Å². The van der Waals surface area contributed by atoms with Gasteiger partial charge in [-0.25, -0.2) is 0 Å². The molecule has 1 amide bonds. The summed E-state index contributed by atoms with van der Waals surface area (Å²) in [6.45, 7) is 4.17. The molecule has 0 aliphatic rings. The first-order chi connectivity index (χ1) is 9.24. The minimum absolute atomic E-state index is 0.0566. The largest absolute Gasteiger partial charge is 0.306 e. The second-order valence-electron chi connectivity index (χ2n) is 4.63. The fraction of sp³-hybridized carbons (Fsp3) is 0.235. The van der Waals surface area contributed by atoms with Gasteiger partial charge >= 0.3 is 0 Å². The highest BCUT2D eigenvalue weighted by Gasteiger charge is 2.21. The van der Waals surface area contributed by atoms with Gasteiger partial charge < -0.3 is 4.90 Å². The molecule has 2 aromatic carbocycles. The molecule has 1 atom stereocenters. The molecule has 0 bridgehead atoms. The van der Waals surface area contributed by atoms with E-state index in [2.05, 4.69) is 13.8 Å². The van der Waals surface area contributed by atoms with E-state index < -0.39 is 0 Å². The molecule has 0 spiro atoms. The summed E-state index contributed by atoms with van der Waals surface area (Å²) in [5.41, 5.74) is 1.68. The third-order valence-corrected chi connectivity index (χ3v) is 3.31. The number of anilines is 1. The Bertz CT molecular complexity index is 521. The van der Waals surface area contributed by atoms with Crippen LogP contribution in [-0.2, 0) is 0 Å². The summed E-state index contributed by atoms with van der Waals surface area (Å²) in [6, 6.07) is 19.5. The van der Waals surface area contributed by atoms with Crippen LogP contribution in [0, 0.1) is 0 Å². The van der Waals surface area contributed by atoms with Gasteiger partial charge in [-0.15, -0.1) is 0 Å². The first-order valence-electron chi connectivity index (χ1n) is 6.67. The minimum atomic E-state index is 0.0566. The Kier molecular flexibility index (Phi) is 4.35. The Labute approximate surface area is 114 Å². The van der Waals surface area contributed by atoms with Crippen LogP contribution in [0.5, 0.6) is 0 Å². The Hall–Kier alpha value is -2.09. The summed E-state index contributed by atoms with van der Waals surface area (Å²) in [5.74, 6) is 0.0566. The lowest BCUT2D eigenvalue weighted by atomic mass is 10.1. The van der Waals surface area contributed by atoms with Crippen molar-refractivity contribution in [1.82, 2.24) is 0 Å². The van der Waals surface area contributed by atoms with Crippen molar-refractivity contribution in [3.63, 3.8) is 0 Å². The maximum Gasteiger partial charge on any atom is 0.258 e. The fourth-order valence-electron chi connectivity index (χ4n) is 2.06. The Morgan fingerprint density at radius 2 is 1.53 bits per heavy atom. The molecule has 19 heavy (non-hydrogen) atoms. The highest BCUT2D eigenvalue weighted by atomic mass is 16.2. The zero-order chi connectivity index (χ0) is 13.7. The predicted octanol–water partition coefficient (Wildman–Crippen LogP) is 4.13. The van der Waals surface area contributed by atoms with Crippen molar-refractivity contribution in [1.29, 1.82) is 0 Å². The maximum atomic E-state index is 12.7. The molecule has 0 aliphatic heterocycles. The van der Waals surface area contributed by atoms with Crippen LogP contribution in [-0.4, -0.2) is 11.9 Å². The van der Waals surface area contributed by atoms with Crippen LogP contribution in [0.2, 0.25) is 0 Å². The van der Waals surface area contributed by atoms with E-state index in [1.165, 1.54) is 0 Å². The summed E-state index contributed by atoms with van der Waals surface area (Å²) in [6.07, 6.45) is 0.924. The average Bonchev–Trinajstić information content (AvgIpc) is 2.49. The number of carbonyl (C=O) groups is 1. The number of carbonyl (C=O) groups excluding carboxylic acids is 1. The summed E-state index contributed by atoms with van der Waals surface area (Å²) in [5, 5.41) is 0. The van der Waals surface area contributed by atoms with Crippen molar-refractivity contribution in [2.24, 2.45) is 0 Å². The summed E-state index contributed by atoms with van der Waals surface area (Å²) < 4.78 is 0. The molecule has 0 heterocycles. The lowest BCUT2D eigenvalue weighted by Crippen LogP contribution is -2.38. The van der Waals surface area contributed by atoms with Gasteiger partial charge in [-0.3, -0.25) is 4.79 Å². The second-order valence-corrected chi connectivity index (χ2v) is 4.63. The molecule has 2 rings (SSSR count). The number of para-hydroxylation sites is 1. The first kappa shape index (κ1) is 13.3. The highest BCUT2D eigenvalue weighted by molar-refractivity contribution is 6.06. The number of nitrogens with zero attached hydrogens (tertiary/aromatic N) is 1. The van der Waals surface area contributed by atoms with E-state index in [1.807, 2.05) is 65.6 Å².